The van der Waals surface area contributed by atoms with Crippen LogP contribution in [0.3, 0.4) is 0 Å². The van der Waals surface area contributed by atoms with Crippen LogP contribution in [0.15, 0.2) is 30.3 Å². The van der Waals surface area contributed by atoms with Crippen LogP contribution in [0.1, 0.15) is 17.7 Å². The molecule has 0 saturated heterocycles. The van der Waals surface area contributed by atoms with Crippen LogP contribution in [0.4, 0.5) is 30.6 Å². The van der Waals surface area contributed by atoms with E-state index in [1.165, 1.54) is 12.1 Å². The molecule has 2 rings (SSSR count). The van der Waals surface area contributed by atoms with Crippen molar-refractivity contribution in [2.45, 2.75) is 19.5 Å². The Labute approximate surface area is 138 Å². The van der Waals surface area contributed by atoms with E-state index in [0.29, 0.717) is 30.6 Å². The zero-order chi connectivity index (χ0) is 17.6. The maximum absolute atomic E-state index is 12.6. The predicted octanol–water partition coefficient (Wildman–Crippen LogP) is 4.00. The Morgan fingerprint density at radius 1 is 1.12 bits per heavy atom. The first kappa shape index (κ1) is 18.0. The molecule has 8 heteroatoms. The van der Waals surface area contributed by atoms with E-state index in [1.807, 2.05) is 6.92 Å². The lowest BCUT2D eigenvalue weighted by Gasteiger charge is -2.11. The van der Waals surface area contributed by atoms with Gasteiger partial charge in [0.1, 0.15) is 5.82 Å². The summed E-state index contributed by atoms with van der Waals surface area (Å²) in [5.41, 5.74) is 0.534. The lowest BCUT2D eigenvalue weighted by atomic mass is 10.2. The average Bonchev–Trinajstić information content (AvgIpc) is 2.51. The molecule has 5 nitrogen and oxygen atoms in total. The van der Waals surface area contributed by atoms with Gasteiger partial charge in [0.05, 0.1) is 5.56 Å². The number of hydrogen-bond acceptors (Lipinski definition) is 5. The van der Waals surface area contributed by atoms with E-state index in [2.05, 4.69) is 20.6 Å². The highest BCUT2D eigenvalue weighted by Crippen LogP contribution is 2.30. The lowest BCUT2D eigenvalue weighted by Crippen LogP contribution is -2.08. The number of nitrogens with zero attached hydrogens (tertiary/aromatic N) is 2. The SMILES string of the molecule is COCCCNc1cc(C)nc(Nc2ccc(C(F)(F)F)cc2)n1. The van der Waals surface area contributed by atoms with Crippen molar-refractivity contribution < 1.29 is 17.9 Å². The molecule has 1 aromatic carbocycles. The molecule has 0 aliphatic rings. The summed E-state index contributed by atoms with van der Waals surface area (Å²) in [7, 11) is 1.64. The first-order valence-corrected chi connectivity index (χ1v) is 7.41. The number of nitrogens with one attached hydrogen (secondary N) is 2. The van der Waals surface area contributed by atoms with Crippen molar-refractivity contribution in [3.05, 3.63) is 41.6 Å². The Hall–Kier alpha value is -2.35. The summed E-state index contributed by atoms with van der Waals surface area (Å²) in [6.45, 7) is 3.16. The van der Waals surface area contributed by atoms with Crippen LogP contribution in [-0.4, -0.2) is 30.2 Å². The minimum Gasteiger partial charge on any atom is -0.385 e. The summed E-state index contributed by atoms with van der Waals surface area (Å²) >= 11 is 0. The molecule has 2 aromatic rings. The van der Waals surface area contributed by atoms with Gasteiger partial charge < -0.3 is 15.4 Å². The Kier molecular flexibility index (Phi) is 5.97. The van der Waals surface area contributed by atoms with Crippen molar-refractivity contribution in [1.29, 1.82) is 0 Å². The standard InChI is InChI=1S/C16H19F3N4O/c1-11-10-14(20-8-3-9-24-2)23-15(21-11)22-13-6-4-12(5-7-13)16(17,18)19/h4-7,10H,3,8-9H2,1-2H3,(H2,20,21,22,23). The second kappa shape index (κ2) is 7.96. The molecule has 0 bridgehead atoms. The molecule has 0 spiro atoms. The molecule has 0 fully saturated rings. The van der Waals surface area contributed by atoms with Gasteiger partial charge >= 0.3 is 6.18 Å². The summed E-state index contributed by atoms with van der Waals surface area (Å²) in [5.74, 6) is 0.969. The molecule has 0 saturated carbocycles. The molecule has 1 heterocycles. The molecule has 0 atom stereocenters. The van der Waals surface area contributed by atoms with Gasteiger partial charge in [0.15, 0.2) is 0 Å². The fraction of sp³-hybridized carbons (Fsp3) is 0.375. The molecule has 0 aliphatic carbocycles. The highest BCUT2D eigenvalue weighted by atomic mass is 19.4. The van der Waals surface area contributed by atoms with E-state index in [4.69, 9.17) is 4.74 Å². The van der Waals surface area contributed by atoms with E-state index >= 15 is 0 Å². The third-order valence-corrected chi connectivity index (χ3v) is 3.15. The maximum atomic E-state index is 12.6. The van der Waals surface area contributed by atoms with Gasteiger partial charge in [0.25, 0.3) is 0 Å². The normalized spacial score (nSPS) is 11.4. The Morgan fingerprint density at radius 2 is 1.83 bits per heavy atom. The van der Waals surface area contributed by atoms with Gasteiger partial charge in [-0.1, -0.05) is 0 Å². The number of aromatic nitrogens is 2. The van der Waals surface area contributed by atoms with Gasteiger partial charge in [-0.3, -0.25) is 0 Å². The molecule has 130 valence electrons. The second-order valence-electron chi connectivity index (χ2n) is 5.19. The maximum Gasteiger partial charge on any atom is 0.416 e. The van der Waals surface area contributed by atoms with E-state index in [1.54, 1.807) is 13.2 Å². The highest BCUT2D eigenvalue weighted by molar-refractivity contribution is 5.55. The van der Waals surface area contributed by atoms with E-state index in [-0.39, 0.29) is 0 Å². The number of halogens is 3. The first-order valence-electron chi connectivity index (χ1n) is 7.41. The molecule has 1 aromatic heterocycles. The number of methoxy groups -OCH3 is 1. The topological polar surface area (TPSA) is 59.1 Å². The van der Waals surface area contributed by atoms with Crippen molar-refractivity contribution in [3.8, 4) is 0 Å². The van der Waals surface area contributed by atoms with Crippen LogP contribution >= 0.6 is 0 Å². The Morgan fingerprint density at radius 3 is 2.46 bits per heavy atom. The van der Waals surface area contributed by atoms with Crippen LogP contribution in [0, 0.1) is 6.92 Å². The number of ether oxygens (including phenoxy) is 1. The van der Waals surface area contributed by atoms with Crippen LogP contribution in [-0.2, 0) is 10.9 Å². The van der Waals surface area contributed by atoms with Crippen LogP contribution in [0.2, 0.25) is 0 Å². The van der Waals surface area contributed by atoms with Crippen LogP contribution in [0.25, 0.3) is 0 Å². The third-order valence-electron chi connectivity index (χ3n) is 3.15. The van der Waals surface area contributed by atoms with E-state index < -0.39 is 11.7 Å². The number of benzene rings is 1. The minimum atomic E-state index is -4.35. The fourth-order valence-electron chi connectivity index (χ4n) is 2.02. The molecule has 0 aliphatic heterocycles. The van der Waals surface area contributed by atoms with Crippen molar-refractivity contribution >= 4 is 17.5 Å². The number of hydrogen-bond donors (Lipinski definition) is 2. The minimum absolute atomic E-state index is 0.323. The Bertz CT molecular complexity index is 659. The zero-order valence-corrected chi connectivity index (χ0v) is 13.4. The summed E-state index contributed by atoms with van der Waals surface area (Å²) in [5, 5.41) is 6.07. The molecule has 0 unspecified atom stereocenters. The number of aryl methyl sites for hydroxylation is 1. The second-order valence-corrected chi connectivity index (χ2v) is 5.19. The van der Waals surface area contributed by atoms with Gasteiger partial charge in [0, 0.05) is 37.7 Å². The third kappa shape index (κ3) is 5.38. The average molecular weight is 340 g/mol. The largest absolute Gasteiger partial charge is 0.416 e. The van der Waals surface area contributed by atoms with Gasteiger partial charge in [0.2, 0.25) is 5.95 Å². The zero-order valence-electron chi connectivity index (χ0n) is 13.4. The lowest BCUT2D eigenvalue weighted by molar-refractivity contribution is -0.137. The van der Waals surface area contributed by atoms with Gasteiger partial charge in [-0.05, 0) is 37.6 Å². The molecule has 24 heavy (non-hydrogen) atoms. The van der Waals surface area contributed by atoms with Crippen molar-refractivity contribution in [2.24, 2.45) is 0 Å². The number of alkyl halides is 3. The van der Waals surface area contributed by atoms with Crippen molar-refractivity contribution in [2.75, 3.05) is 30.9 Å². The van der Waals surface area contributed by atoms with E-state index in [0.717, 1.165) is 24.2 Å². The summed E-state index contributed by atoms with van der Waals surface area (Å²) < 4.78 is 42.7. The monoisotopic (exact) mass is 340 g/mol. The van der Waals surface area contributed by atoms with E-state index in [9.17, 15) is 13.2 Å². The van der Waals surface area contributed by atoms with Crippen molar-refractivity contribution in [3.63, 3.8) is 0 Å². The molecule has 2 N–H and O–H groups in total. The van der Waals surface area contributed by atoms with Gasteiger partial charge in [-0.25, -0.2) is 4.98 Å². The summed E-state index contributed by atoms with van der Waals surface area (Å²) in [6, 6.07) is 6.52. The smallest absolute Gasteiger partial charge is 0.385 e. The highest BCUT2D eigenvalue weighted by Gasteiger charge is 2.29. The summed E-state index contributed by atoms with van der Waals surface area (Å²) in [6.07, 6.45) is -3.52. The quantitative estimate of drug-likeness (QED) is 0.746. The Balaban J connectivity index is 2.05. The molecule has 0 radical (unpaired) electrons. The summed E-state index contributed by atoms with van der Waals surface area (Å²) in [4.78, 5) is 8.54. The molecular weight excluding hydrogens is 321 g/mol. The van der Waals surface area contributed by atoms with Crippen molar-refractivity contribution in [1.82, 2.24) is 9.97 Å². The van der Waals surface area contributed by atoms with Crippen LogP contribution in [0.5, 0.6) is 0 Å². The molecular formula is C16H19F3N4O. The van der Waals surface area contributed by atoms with Gasteiger partial charge in [-0.2, -0.15) is 18.2 Å². The predicted molar refractivity (Wildman–Crippen MR) is 86.5 cm³/mol. The number of rotatable bonds is 7. The van der Waals surface area contributed by atoms with Crippen LogP contribution < -0.4 is 10.6 Å². The fourth-order valence-corrected chi connectivity index (χ4v) is 2.02. The molecule has 0 amide bonds. The van der Waals surface area contributed by atoms with Gasteiger partial charge in [-0.15, -0.1) is 0 Å². The number of anilines is 3. The first-order chi connectivity index (χ1) is 11.4.